The minimum absolute atomic E-state index is 0.296. The molecule has 4 aromatic rings. The Labute approximate surface area is 190 Å². The lowest BCUT2D eigenvalue weighted by Crippen LogP contribution is -2.35. The second-order valence-corrected chi connectivity index (χ2v) is 8.25. The van der Waals surface area contributed by atoms with E-state index in [1.807, 2.05) is 52.0 Å². The fourth-order valence-electron chi connectivity index (χ4n) is 3.86. The summed E-state index contributed by atoms with van der Waals surface area (Å²) in [7, 11) is 0. The third-order valence-corrected chi connectivity index (χ3v) is 5.74. The standard InChI is InChI=1S/C24H24ClN5O2/c1-5-20(23(31)26-18-8-6-7-17(25)13-18)30-24(32)22-21(15(3)27-30)16(4)29(28-22)19-11-9-14(2)10-12-19/h6-13,20H,5H2,1-4H3,(H,26,31). The van der Waals surface area contributed by atoms with Crippen LogP contribution in [0.25, 0.3) is 16.6 Å². The SMILES string of the molecule is CCC(C(=O)Nc1cccc(Cl)c1)n1nc(C)c2c(C)n(-c3ccc(C)cc3)nc2c1=O. The molecular formula is C24H24ClN5O2. The number of carbonyl (C=O) groups is 1. The Hall–Kier alpha value is -3.45. The van der Waals surface area contributed by atoms with Gasteiger partial charge in [-0.15, -0.1) is 0 Å². The second kappa shape index (κ2) is 8.59. The summed E-state index contributed by atoms with van der Waals surface area (Å²) in [5.41, 5.74) is 3.93. The lowest BCUT2D eigenvalue weighted by Gasteiger charge is -2.17. The molecule has 0 aliphatic carbocycles. The topological polar surface area (TPSA) is 81.8 Å². The van der Waals surface area contributed by atoms with Crippen molar-refractivity contribution in [3.8, 4) is 5.69 Å². The molecule has 2 heterocycles. The molecule has 0 bridgehead atoms. The van der Waals surface area contributed by atoms with Gasteiger partial charge in [0, 0.05) is 10.7 Å². The highest BCUT2D eigenvalue weighted by atomic mass is 35.5. The number of amides is 1. The zero-order valence-electron chi connectivity index (χ0n) is 18.4. The van der Waals surface area contributed by atoms with Crippen molar-refractivity contribution in [2.45, 2.75) is 40.2 Å². The van der Waals surface area contributed by atoms with E-state index in [0.717, 1.165) is 16.9 Å². The fraction of sp³-hybridized carbons (Fsp3) is 0.250. The number of aryl methyl sites for hydroxylation is 3. The number of anilines is 1. The molecule has 8 heteroatoms. The van der Waals surface area contributed by atoms with Gasteiger partial charge in [-0.05, 0) is 57.5 Å². The molecule has 2 aromatic heterocycles. The lowest BCUT2D eigenvalue weighted by atomic mass is 10.1. The minimum atomic E-state index is -0.783. The molecule has 7 nitrogen and oxygen atoms in total. The summed E-state index contributed by atoms with van der Waals surface area (Å²) in [6.45, 7) is 7.60. The Bertz CT molecular complexity index is 1370. The van der Waals surface area contributed by atoms with Crippen LogP contribution in [0.15, 0.2) is 53.3 Å². The molecule has 1 unspecified atom stereocenters. The predicted molar refractivity (Wildman–Crippen MR) is 127 cm³/mol. The normalized spacial score (nSPS) is 12.2. The maximum absolute atomic E-state index is 13.4. The second-order valence-electron chi connectivity index (χ2n) is 7.82. The Morgan fingerprint density at radius 1 is 1.09 bits per heavy atom. The molecule has 0 aliphatic rings. The smallest absolute Gasteiger partial charge is 0.295 e. The van der Waals surface area contributed by atoms with Crippen LogP contribution in [0.1, 0.15) is 36.3 Å². The monoisotopic (exact) mass is 449 g/mol. The van der Waals surface area contributed by atoms with E-state index < -0.39 is 11.6 Å². The van der Waals surface area contributed by atoms with Gasteiger partial charge in [0.1, 0.15) is 6.04 Å². The summed E-state index contributed by atoms with van der Waals surface area (Å²) in [6.07, 6.45) is 0.391. The molecule has 4 rings (SSSR count). The van der Waals surface area contributed by atoms with Crippen LogP contribution in [-0.4, -0.2) is 25.5 Å². The summed E-state index contributed by atoms with van der Waals surface area (Å²) in [6, 6.07) is 14.0. The molecule has 2 aromatic carbocycles. The Morgan fingerprint density at radius 3 is 2.47 bits per heavy atom. The van der Waals surface area contributed by atoms with E-state index in [1.165, 1.54) is 4.68 Å². The fourth-order valence-corrected chi connectivity index (χ4v) is 4.05. The first-order chi connectivity index (χ1) is 15.3. The van der Waals surface area contributed by atoms with Gasteiger partial charge in [0.25, 0.3) is 5.56 Å². The van der Waals surface area contributed by atoms with Crippen molar-refractivity contribution in [3.63, 3.8) is 0 Å². The van der Waals surface area contributed by atoms with Gasteiger partial charge < -0.3 is 5.32 Å². The molecule has 1 atom stereocenters. The molecular weight excluding hydrogens is 426 g/mol. The molecule has 0 saturated carbocycles. The maximum Gasteiger partial charge on any atom is 0.295 e. The maximum atomic E-state index is 13.4. The van der Waals surface area contributed by atoms with E-state index in [4.69, 9.17) is 11.6 Å². The van der Waals surface area contributed by atoms with Gasteiger partial charge in [0.15, 0.2) is 5.52 Å². The zero-order valence-corrected chi connectivity index (χ0v) is 19.1. The van der Waals surface area contributed by atoms with E-state index in [-0.39, 0.29) is 5.91 Å². The van der Waals surface area contributed by atoms with Crippen LogP contribution >= 0.6 is 11.6 Å². The number of nitrogens with one attached hydrogen (secondary N) is 1. The first-order valence-electron chi connectivity index (χ1n) is 10.4. The number of fused-ring (bicyclic) bond motifs is 1. The van der Waals surface area contributed by atoms with E-state index in [0.29, 0.717) is 33.7 Å². The van der Waals surface area contributed by atoms with Crippen LogP contribution in [0.5, 0.6) is 0 Å². The molecule has 32 heavy (non-hydrogen) atoms. The predicted octanol–water partition coefficient (Wildman–Crippen LogP) is 4.75. The van der Waals surface area contributed by atoms with Gasteiger partial charge in [0.05, 0.1) is 22.5 Å². The van der Waals surface area contributed by atoms with Crippen LogP contribution in [0.4, 0.5) is 5.69 Å². The van der Waals surface area contributed by atoms with Gasteiger partial charge in [0.2, 0.25) is 5.91 Å². The quantitative estimate of drug-likeness (QED) is 0.476. The van der Waals surface area contributed by atoms with Crippen molar-refractivity contribution in [1.82, 2.24) is 19.6 Å². The average Bonchev–Trinajstić information content (AvgIpc) is 3.11. The average molecular weight is 450 g/mol. The van der Waals surface area contributed by atoms with Crippen molar-refractivity contribution in [1.29, 1.82) is 0 Å². The van der Waals surface area contributed by atoms with Gasteiger partial charge in [-0.1, -0.05) is 42.3 Å². The molecule has 0 aliphatic heterocycles. The molecule has 164 valence electrons. The highest BCUT2D eigenvalue weighted by molar-refractivity contribution is 6.30. The van der Waals surface area contributed by atoms with Crippen LogP contribution in [0.3, 0.4) is 0 Å². The number of hydrogen-bond acceptors (Lipinski definition) is 4. The highest BCUT2D eigenvalue weighted by Crippen LogP contribution is 2.23. The van der Waals surface area contributed by atoms with E-state index in [9.17, 15) is 9.59 Å². The third kappa shape index (κ3) is 3.91. The molecule has 0 radical (unpaired) electrons. The molecule has 0 saturated heterocycles. The number of hydrogen-bond donors (Lipinski definition) is 1. The molecule has 0 spiro atoms. The molecule has 0 fully saturated rings. The summed E-state index contributed by atoms with van der Waals surface area (Å²) < 4.78 is 2.99. The first-order valence-corrected chi connectivity index (χ1v) is 10.8. The number of halogens is 1. The van der Waals surface area contributed by atoms with Crippen molar-refractivity contribution in [2.75, 3.05) is 5.32 Å². The third-order valence-electron chi connectivity index (χ3n) is 5.50. The van der Waals surface area contributed by atoms with Crippen molar-refractivity contribution in [3.05, 3.63) is 80.9 Å². The highest BCUT2D eigenvalue weighted by Gasteiger charge is 2.25. The van der Waals surface area contributed by atoms with Crippen molar-refractivity contribution in [2.24, 2.45) is 0 Å². The Morgan fingerprint density at radius 2 is 1.81 bits per heavy atom. The van der Waals surface area contributed by atoms with Gasteiger partial charge in [-0.25, -0.2) is 9.36 Å². The van der Waals surface area contributed by atoms with Gasteiger partial charge in [-0.3, -0.25) is 9.59 Å². The Balaban J connectivity index is 1.78. The van der Waals surface area contributed by atoms with Gasteiger partial charge >= 0.3 is 0 Å². The van der Waals surface area contributed by atoms with Crippen LogP contribution in [0, 0.1) is 20.8 Å². The minimum Gasteiger partial charge on any atom is -0.324 e. The molecule has 1 N–H and O–H groups in total. The first kappa shape index (κ1) is 21.8. The Kier molecular flexibility index (Phi) is 5.84. The number of benzene rings is 2. The molecule has 1 amide bonds. The van der Waals surface area contributed by atoms with E-state index in [2.05, 4.69) is 15.5 Å². The lowest BCUT2D eigenvalue weighted by molar-refractivity contribution is -0.119. The summed E-state index contributed by atoms with van der Waals surface area (Å²) >= 11 is 6.02. The van der Waals surface area contributed by atoms with Gasteiger partial charge in [-0.2, -0.15) is 10.2 Å². The van der Waals surface area contributed by atoms with Crippen molar-refractivity contribution < 1.29 is 4.79 Å². The van der Waals surface area contributed by atoms with E-state index in [1.54, 1.807) is 28.9 Å². The number of nitrogens with zero attached hydrogens (tertiary/aromatic N) is 4. The number of rotatable bonds is 5. The number of carbonyl (C=O) groups excluding carboxylic acids is 1. The largest absolute Gasteiger partial charge is 0.324 e. The zero-order chi connectivity index (χ0) is 23.0. The van der Waals surface area contributed by atoms with Crippen LogP contribution in [-0.2, 0) is 4.79 Å². The van der Waals surface area contributed by atoms with Crippen molar-refractivity contribution >= 4 is 34.1 Å². The summed E-state index contributed by atoms with van der Waals surface area (Å²) in [5.74, 6) is -0.335. The number of aromatic nitrogens is 4. The summed E-state index contributed by atoms with van der Waals surface area (Å²) in [4.78, 5) is 26.4. The summed E-state index contributed by atoms with van der Waals surface area (Å²) in [5, 5.41) is 13.1. The van der Waals surface area contributed by atoms with E-state index >= 15 is 0 Å². The van der Waals surface area contributed by atoms with Crippen LogP contribution < -0.4 is 10.9 Å². The van der Waals surface area contributed by atoms with Crippen LogP contribution in [0.2, 0.25) is 5.02 Å².